The molecule has 1 amide bonds. The lowest BCUT2D eigenvalue weighted by molar-refractivity contribution is -0.127. The minimum Gasteiger partial charge on any atom is -0.481 e. The van der Waals surface area contributed by atoms with Crippen LogP contribution in [-0.2, 0) is 4.79 Å². The third-order valence-corrected chi connectivity index (χ3v) is 2.83. The van der Waals surface area contributed by atoms with E-state index in [1.54, 1.807) is 6.92 Å². The smallest absolute Gasteiger partial charge is 0.261 e. The minimum absolute atomic E-state index is 0.200. The summed E-state index contributed by atoms with van der Waals surface area (Å²) in [5, 5.41) is 2.62. The molecule has 0 saturated carbocycles. The van der Waals surface area contributed by atoms with Gasteiger partial charge >= 0.3 is 0 Å². The van der Waals surface area contributed by atoms with Gasteiger partial charge < -0.3 is 10.1 Å². The van der Waals surface area contributed by atoms with E-state index in [1.807, 2.05) is 25.1 Å². The first kappa shape index (κ1) is 15.1. The van der Waals surface area contributed by atoms with Gasteiger partial charge in [-0.15, -0.1) is 6.42 Å². The second kappa shape index (κ2) is 6.84. The van der Waals surface area contributed by atoms with Crippen molar-refractivity contribution in [3.63, 3.8) is 0 Å². The lowest BCUT2D eigenvalue weighted by Crippen LogP contribution is -2.36. The van der Waals surface area contributed by atoms with Gasteiger partial charge in [-0.05, 0) is 37.0 Å². The van der Waals surface area contributed by atoms with E-state index in [9.17, 15) is 4.79 Å². The molecule has 0 bridgehead atoms. The summed E-state index contributed by atoms with van der Waals surface area (Å²) < 4.78 is 5.77. The molecule has 19 heavy (non-hydrogen) atoms. The van der Waals surface area contributed by atoms with E-state index in [4.69, 9.17) is 11.2 Å². The maximum Gasteiger partial charge on any atom is 0.261 e. The minimum atomic E-state index is -0.562. The first-order valence-corrected chi connectivity index (χ1v) is 6.44. The number of carbonyl (C=O) groups is 1. The third kappa shape index (κ3) is 4.33. The van der Waals surface area contributed by atoms with Gasteiger partial charge in [0.2, 0.25) is 0 Å². The van der Waals surface area contributed by atoms with Crippen molar-refractivity contribution in [3.8, 4) is 18.1 Å². The standard InChI is InChI=1S/C16H21NO2/c1-6-9-17-16(18)13(5)19-15-10-12(4)7-8-14(15)11(2)3/h1,7-8,10-11,13H,9H2,2-5H3,(H,17,18). The number of hydrogen-bond donors (Lipinski definition) is 1. The van der Waals surface area contributed by atoms with Crippen molar-refractivity contribution in [1.29, 1.82) is 0 Å². The van der Waals surface area contributed by atoms with Crippen molar-refractivity contribution in [2.24, 2.45) is 0 Å². The van der Waals surface area contributed by atoms with Crippen molar-refractivity contribution in [1.82, 2.24) is 5.32 Å². The van der Waals surface area contributed by atoms with E-state index in [0.29, 0.717) is 5.92 Å². The number of amides is 1. The number of hydrogen-bond acceptors (Lipinski definition) is 2. The molecule has 3 nitrogen and oxygen atoms in total. The third-order valence-electron chi connectivity index (χ3n) is 2.83. The highest BCUT2D eigenvalue weighted by Crippen LogP contribution is 2.28. The van der Waals surface area contributed by atoms with E-state index < -0.39 is 6.10 Å². The SMILES string of the molecule is C#CCNC(=O)C(C)Oc1cc(C)ccc1C(C)C. The second-order valence-electron chi connectivity index (χ2n) is 4.88. The summed E-state index contributed by atoms with van der Waals surface area (Å²) in [5.41, 5.74) is 2.21. The van der Waals surface area contributed by atoms with Crippen LogP contribution in [0.1, 0.15) is 37.8 Å². The fourth-order valence-corrected chi connectivity index (χ4v) is 1.75. The summed E-state index contributed by atoms with van der Waals surface area (Å²) in [6, 6.07) is 6.05. The van der Waals surface area contributed by atoms with E-state index in [-0.39, 0.29) is 12.5 Å². The highest BCUT2D eigenvalue weighted by molar-refractivity contribution is 5.81. The monoisotopic (exact) mass is 259 g/mol. The fraction of sp³-hybridized carbons (Fsp3) is 0.438. The molecule has 1 N–H and O–H groups in total. The van der Waals surface area contributed by atoms with Gasteiger partial charge in [0.15, 0.2) is 6.10 Å². The summed E-state index contributed by atoms with van der Waals surface area (Å²) >= 11 is 0. The Hall–Kier alpha value is -1.95. The van der Waals surface area contributed by atoms with Crippen LogP contribution in [0, 0.1) is 19.3 Å². The Bertz CT molecular complexity index is 486. The summed E-state index contributed by atoms with van der Waals surface area (Å²) in [4.78, 5) is 11.7. The molecule has 1 rings (SSSR count). The molecule has 0 aliphatic carbocycles. The number of aryl methyl sites for hydroxylation is 1. The van der Waals surface area contributed by atoms with E-state index in [1.165, 1.54) is 0 Å². The topological polar surface area (TPSA) is 38.3 Å². The molecule has 0 aromatic heterocycles. The molecule has 0 aliphatic heterocycles. The Morgan fingerprint density at radius 2 is 2.11 bits per heavy atom. The van der Waals surface area contributed by atoms with Gasteiger partial charge in [0.1, 0.15) is 5.75 Å². The maximum atomic E-state index is 11.7. The first-order valence-electron chi connectivity index (χ1n) is 6.44. The van der Waals surface area contributed by atoms with E-state index in [2.05, 4.69) is 25.1 Å². The Morgan fingerprint density at radius 1 is 1.42 bits per heavy atom. The van der Waals surface area contributed by atoms with Crippen LogP contribution in [0.4, 0.5) is 0 Å². The molecular weight excluding hydrogens is 238 g/mol. The molecular formula is C16H21NO2. The van der Waals surface area contributed by atoms with Gasteiger partial charge in [-0.1, -0.05) is 31.9 Å². The van der Waals surface area contributed by atoms with Gasteiger partial charge in [-0.2, -0.15) is 0 Å². The van der Waals surface area contributed by atoms with Gasteiger partial charge in [0.25, 0.3) is 5.91 Å². The van der Waals surface area contributed by atoms with Crippen molar-refractivity contribution in [2.75, 3.05) is 6.54 Å². The molecule has 102 valence electrons. The molecule has 0 fully saturated rings. The van der Waals surface area contributed by atoms with Crippen LogP contribution in [0.25, 0.3) is 0 Å². The van der Waals surface area contributed by atoms with Crippen LogP contribution < -0.4 is 10.1 Å². The van der Waals surface area contributed by atoms with Crippen molar-refractivity contribution < 1.29 is 9.53 Å². The van der Waals surface area contributed by atoms with Gasteiger partial charge in [0, 0.05) is 0 Å². The van der Waals surface area contributed by atoms with Gasteiger partial charge in [-0.3, -0.25) is 4.79 Å². The van der Waals surface area contributed by atoms with E-state index >= 15 is 0 Å². The van der Waals surface area contributed by atoms with Crippen LogP contribution in [0.2, 0.25) is 0 Å². The van der Waals surface area contributed by atoms with Crippen LogP contribution in [0.5, 0.6) is 5.75 Å². The number of rotatable bonds is 5. The average molecular weight is 259 g/mol. The Morgan fingerprint density at radius 3 is 2.68 bits per heavy atom. The molecule has 0 saturated heterocycles. The summed E-state index contributed by atoms with van der Waals surface area (Å²) in [6.45, 7) is 8.14. The predicted molar refractivity (Wildman–Crippen MR) is 77.2 cm³/mol. The zero-order valence-corrected chi connectivity index (χ0v) is 12.0. The number of ether oxygens (including phenoxy) is 1. The predicted octanol–water partition coefficient (Wildman–Crippen LogP) is 2.64. The average Bonchev–Trinajstić information content (AvgIpc) is 2.35. The molecule has 3 heteroatoms. The molecule has 0 spiro atoms. The Labute approximate surface area is 115 Å². The summed E-state index contributed by atoms with van der Waals surface area (Å²) in [5.74, 6) is 3.28. The highest BCUT2D eigenvalue weighted by atomic mass is 16.5. The quantitative estimate of drug-likeness (QED) is 0.826. The lowest BCUT2D eigenvalue weighted by atomic mass is 10.0. The molecule has 1 unspecified atom stereocenters. The van der Waals surface area contributed by atoms with E-state index in [0.717, 1.165) is 16.9 Å². The number of carbonyl (C=O) groups excluding carboxylic acids is 1. The Kier molecular flexibility index (Phi) is 5.44. The summed E-state index contributed by atoms with van der Waals surface area (Å²) in [6.07, 6.45) is 4.55. The van der Waals surface area contributed by atoms with Crippen LogP contribution in [-0.4, -0.2) is 18.6 Å². The Balaban J connectivity index is 2.84. The number of terminal acetylenes is 1. The van der Waals surface area contributed by atoms with Crippen LogP contribution in [0.3, 0.4) is 0 Å². The van der Waals surface area contributed by atoms with Crippen LogP contribution >= 0.6 is 0 Å². The maximum absolute atomic E-state index is 11.7. The van der Waals surface area contributed by atoms with Crippen molar-refractivity contribution in [3.05, 3.63) is 29.3 Å². The summed E-state index contributed by atoms with van der Waals surface area (Å²) in [7, 11) is 0. The fourth-order valence-electron chi connectivity index (χ4n) is 1.75. The number of benzene rings is 1. The largest absolute Gasteiger partial charge is 0.481 e. The first-order chi connectivity index (χ1) is 8.95. The van der Waals surface area contributed by atoms with Crippen molar-refractivity contribution in [2.45, 2.75) is 39.7 Å². The normalized spacial score (nSPS) is 11.8. The molecule has 0 heterocycles. The second-order valence-corrected chi connectivity index (χ2v) is 4.88. The zero-order chi connectivity index (χ0) is 14.4. The molecule has 1 atom stereocenters. The molecule has 1 aromatic rings. The van der Waals surface area contributed by atoms with Gasteiger partial charge in [0.05, 0.1) is 6.54 Å². The molecule has 0 aliphatic rings. The molecule has 0 radical (unpaired) electrons. The number of nitrogens with one attached hydrogen (secondary N) is 1. The van der Waals surface area contributed by atoms with Crippen LogP contribution in [0.15, 0.2) is 18.2 Å². The van der Waals surface area contributed by atoms with Crippen molar-refractivity contribution >= 4 is 5.91 Å². The molecule has 1 aromatic carbocycles. The lowest BCUT2D eigenvalue weighted by Gasteiger charge is -2.19. The van der Waals surface area contributed by atoms with Gasteiger partial charge in [-0.25, -0.2) is 0 Å². The highest BCUT2D eigenvalue weighted by Gasteiger charge is 2.16. The zero-order valence-electron chi connectivity index (χ0n) is 12.0.